The summed E-state index contributed by atoms with van der Waals surface area (Å²) in [4.78, 5) is 17.3. The van der Waals surface area contributed by atoms with E-state index in [2.05, 4.69) is 124 Å². The van der Waals surface area contributed by atoms with Crippen LogP contribution in [-0.2, 0) is 5.41 Å². The number of hydrogen-bond acceptors (Lipinski definition) is 2. The molecule has 0 saturated carbocycles. The minimum Gasteiger partial charge on any atom is -0.363 e. The van der Waals surface area contributed by atoms with Gasteiger partial charge in [0.1, 0.15) is 0 Å². The molecule has 0 aromatic heterocycles. The van der Waals surface area contributed by atoms with E-state index in [-0.39, 0.29) is 11.2 Å². The fraction of sp³-hybridized carbons (Fsp3) is 0.216. The van der Waals surface area contributed by atoms with Crippen LogP contribution in [-0.4, -0.2) is 18.4 Å². The molecule has 0 saturated heterocycles. The van der Waals surface area contributed by atoms with Crippen LogP contribution in [0.15, 0.2) is 121 Å². The SMILES string of the molecule is CC[C@@]1(C)c2ccccc2N(C)[C@]12C=C(c1ccccc1)C=C(c1ccc(C)cc1)[C@H]2C(=O)c1ccccc1. The number of hydrogen-bond donors (Lipinski definition) is 0. The van der Waals surface area contributed by atoms with Gasteiger partial charge in [-0.05, 0) is 59.4 Å². The molecule has 39 heavy (non-hydrogen) atoms. The number of Topliss-reactive ketones (excluding diaryl/α,β-unsaturated/α-hetero) is 1. The second kappa shape index (κ2) is 9.54. The number of fused-ring (bicyclic) bond motifs is 1. The molecule has 2 heteroatoms. The van der Waals surface area contributed by atoms with Gasteiger partial charge in [-0.2, -0.15) is 0 Å². The normalized spacial score (nSPS) is 23.8. The molecule has 194 valence electrons. The van der Waals surface area contributed by atoms with Crippen molar-refractivity contribution >= 4 is 22.6 Å². The van der Waals surface area contributed by atoms with E-state index in [9.17, 15) is 4.79 Å². The number of anilines is 1. The standard InChI is InChI=1S/C37H35NO/c1-5-36(3)32-18-12-13-19-33(32)38(4)37(36)25-30(27-14-8-6-9-15-27)24-31(28-22-20-26(2)21-23-28)34(37)35(39)29-16-10-7-11-17-29/h6-25,34H,5H2,1-4H3/t34-,36-,37-/m0/s1. The minimum atomic E-state index is -0.613. The zero-order chi connectivity index (χ0) is 27.2. The minimum absolute atomic E-state index is 0.158. The summed E-state index contributed by atoms with van der Waals surface area (Å²) >= 11 is 0. The molecule has 0 amide bonds. The zero-order valence-corrected chi connectivity index (χ0v) is 23.2. The summed E-state index contributed by atoms with van der Waals surface area (Å²) in [5, 5.41) is 0. The summed E-state index contributed by atoms with van der Waals surface area (Å²) in [5.41, 5.74) is 8.02. The molecule has 0 radical (unpaired) electrons. The molecule has 0 N–H and O–H groups in total. The number of rotatable bonds is 5. The first-order valence-electron chi connectivity index (χ1n) is 13.9. The predicted molar refractivity (Wildman–Crippen MR) is 163 cm³/mol. The third kappa shape index (κ3) is 3.73. The largest absolute Gasteiger partial charge is 0.363 e. The van der Waals surface area contributed by atoms with Crippen LogP contribution in [0.5, 0.6) is 0 Å². The number of likely N-dealkylation sites (N-methyl/N-ethyl adjacent to an activating group) is 1. The highest BCUT2D eigenvalue weighted by Gasteiger charge is 2.63. The van der Waals surface area contributed by atoms with Crippen molar-refractivity contribution in [1.82, 2.24) is 0 Å². The molecule has 1 spiro atoms. The van der Waals surface area contributed by atoms with Crippen molar-refractivity contribution in [2.75, 3.05) is 11.9 Å². The summed E-state index contributed by atoms with van der Waals surface area (Å²) in [7, 11) is 2.18. The molecule has 4 aromatic carbocycles. The third-order valence-corrected chi connectivity index (χ3v) is 9.26. The van der Waals surface area contributed by atoms with E-state index in [0.717, 1.165) is 34.3 Å². The van der Waals surface area contributed by atoms with Gasteiger partial charge in [-0.25, -0.2) is 0 Å². The van der Waals surface area contributed by atoms with E-state index >= 15 is 0 Å². The van der Waals surface area contributed by atoms with Crippen LogP contribution >= 0.6 is 0 Å². The van der Waals surface area contributed by atoms with Gasteiger partial charge in [-0.1, -0.05) is 123 Å². The van der Waals surface area contributed by atoms with Crippen LogP contribution in [0.2, 0.25) is 0 Å². The quantitative estimate of drug-likeness (QED) is 0.251. The molecule has 2 aliphatic rings. The molecule has 0 bridgehead atoms. The van der Waals surface area contributed by atoms with Gasteiger partial charge in [0, 0.05) is 23.7 Å². The van der Waals surface area contributed by atoms with Crippen LogP contribution in [0.25, 0.3) is 11.1 Å². The average molecular weight is 510 g/mol. The Balaban J connectivity index is 1.70. The van der Waals surface area contributed by atoms with Crippen molar-refractivity contribution < 1.29 is 4.79 Å². The second-order valence-electron chi connectivity index (χ2n) is 11.2. The lowest BCUT2D eigenvalue weighted by molar-refractivity contribution is 0.0877. The van der Waals surface area contributed by atoms with Crippen molar-refractivity contribution in [3.05, 3.63) is 149 Å². The van der Waals surface area contributed by atoms with Crippen LogP contribution in [0, 0.1) is 12.8 Å². The van der Waals surface area contributed by atoms with Crippen molar-refractivity contribution in [3.63, 3.8) is 0 Å². The monoisotopic (exact) mass is 509 g/mol. The van der Waals surface area contributed by atoms with Crippen LogP contribution in [0.1, 0.15) is 52.9 Å². The highest BCUT2D eigenvalue weighted by molar-refractivity contribution is 6.10. The first-order chi connectivity index (χ1) is 18.9. The molecule has 4 aromatic rings. The lowest BCUT2D eigenvalue weighted by Crippen LogP contribution is -2.62. The van der Waals surface area contributed by atoms with Crippen molar-refractivity contribution in [2.24, 2.45) is 5.92 Å². The Morgan fingerprint density at radius 1 is 0.795 bits per heavy atom. The zero-order valence-electron chi connectivity index (χ0n) is 23.2. The maximum absolute atomic E-state index is 14.9. The fourth-order valence-corrected chi connectivity index (χ4v) is 7.01. The molecule has 0 fully saturated rings. The third-order valence-electron chi connectivity index (χ3n) is 9.26. The molecular weight excluding hydrogens is 474 g/mol. The highest BCUT2D eigenvalue weighted by Crippen LogP contribution is 2.61. The van der Waals surface area contributed by atoms with E-state index < -0.39 is 11.5 Å². The van der Waals surface area contributed by atoms with E-state index in [4.69, 9.17) is 0 Å². The molecule has 1 aliphatic carbocycles. The Bertz CT molecular complexity index is 1580. The molecule has 3 atom stereocenters. The summed E-state index contributed by atoms with van der Waals surface area (Å²) in [6.07, 6.45) is 5.57. The summed E-state index contributed by atoms with van der Waals surface area (Å²) in [6.45, 7) is 6.73. The highest BCUT2D eigenvalue weighted by atomic mass is 16.1. The van der Waals surface area contributed by atoms with Crippen LogP contribution in [0.3, 0.4) is 0 Å². The van der Waals surface area contributed by atoms with E-state index in [1.807, 2.05) is 30.3 Å². The number of benzene rings is 4. The van der Waals surface area contributed by atoms with Crippen LogP contribution in [0.4, 0.5) is 5.69 Å². The summed E-state index contributed by atoms with van der Waals surface area (Å²) < 4.78 is 0. The topological polar surface area (TPSA) is 20.3 Å². The number of aryl methyl sites for hydroxylation is 1. The smallest absolute Gasteiger partial charge is 0.173 e. The number of carbonyl (C=O) groups excluding carboxylic acids is 1. The lowest BCUT2D eigenvalue weighted by atomic mass is 9.55. The van der Waals surface area contributed by atoms with Crippen molar-refractivity contribution in [2.45, 2.75) is 38.1 Å². The Morgan fingerprint density at radius 2 is 1.41 bits per heavy atom. The average Bonchev–Trinajstić information content (AvgIpc) is 3.17. The number of carbonyl (C=O) groups is 1. The number of ketones is 1. The molecular formula is C37H35NO. The Hall–Kier alpha value is -4.17. The van der Waals surface area contributed by atoms with Gasteiger partial charge in [0.15, 0.2) is 5.78 Å². The van der Waals surface area contributed by atoms with Crippen LogP contribution < -0.4 is 4.90 Å². The van der Waals surface area contributed by atoms with Gasteiger partial charge < -0.3 is 4.90 Å². The van der Waals surface area contributed by atoms with Gasteiger partial charge in [-0.3, -0.25) is 4.79 Å². The lowest BCUT2D eigenvalue weighted by Gasteiger charge is -2.53. The van der Waals surface area contributed by atoms with Crippen molar-refractivity contribution in [3.8, 4) is 0 Å². The summed E-state index contributed by atoms with van der Waals surface area (Å²) in [5.74, 6) is -0.248. The Morgan fingerprint density at radius 3 is 2.08 bits per heavy atom. The number of allylic oxidation sites excluding steroid dienone is 2. The van der Waals surface area contributed by atoms with E-state index in [1.54, 1.807) is 0 Å². The fourth-order valence-electron chi connectivity index (χ4n) is 7.01. The van der Waals surface area contributed by atoms with Gasteiger partial charge in [0.05, 0.1) is 11.5 Å². The Kier molecular flexibility index (Phi) is 6.14. The van der Waals surface area contributed by atoms with Gasteiger partial charge in [0.25, 0.3) is 0 Å². The van der Waals surface area contributed by atoms with E-state index in [1.165, 1.54) is 16.8 Å². The van der Waals surface area contributed by atoms with Gasteiger partial charge in [-0.15, -0.1) is 0 Å². The first-order valence-corrected chi connectivity index (χ1v) is 13.9. The number of para-hydroxylation sites is 1. The van der Waals surface area contributed by atoms with Gasteiger partial charge >= 0.3 is 0 Å². The van der Waals surface area contributed by atoms with Crippen molar-refractivity contribution in [1.29, 1.82) is 0 Å². The molecule has 0 unspecified atom stereocenters. The predicted octanol–water partition coefficient (Wildman–Crippen LogP) is 8.53. The van der Waals surface area contributed by atoms with E-state index in [0.29, 0.717) is 0 Å². The maximum atomic E-state index is 14.9. The molecule has 6 rings (SSSR count). The van der Waals surface area contributed by atoms with Gasteiger partial charge in [0.2, 0.25) is 0 Å². The Labute approximate surface area is 232 Å². The summed E-state index contributed by atoms with van der Waals surface area (Å²) in [6, 6.07) is 37.8. The molecule has 1 heterocycles. The molecule has 1 aliphatic heterocycles. The maximum Gasteiger partial charge on any atom is 0.173 e. The second-order valence-corrected chi connectivity index (χ2v) is 11.2. The first kappa shape index (κ1) is 25.1. The molecule has 2 nitrogen and oxygen atoms in total. The number of nitrogens with zero attached hydrogens (tertiary/aromatic N) is 1.